The van der Waals surface area contributed by atoms with E-state index in [0.29, 0.717) is 21.9 Å². The molecule has 0 amide bonds. The summed E-state index contributed by atoms with van der Waals surface area (Å²) in [5, 5.41) is 24.9. The van der Waals surface area contributed by atoms with E-state index in [1.54, 1.807) is 6.07 Å². The molecule has 0 aromatic heterocycles. The van der Waals surface area contributed by atoms with Gasteiger partial charge in [0.1, 0.15) is 0 Å². The summed E-state index contributed by atoms with van der Waals surface area (Å²) < 4.78 is 0. The Kier molecular flexibility index (Phi) is 6.38. The van der Waals surface area contributed by atoms with Crippen molar-refractivity contribution in [2.45, 2.75) is 32.4 Å². The number of nitro groups is 1. The summed E-state index contributed by atoms with van der Waals surface area (Å²) in [7, 11) is 0. The molecule has 0 unspecified atom stereocenters. The normalized spacial score (nSPS) is 16.1. The zero-order valence-corrected chi connectivity index (χ0v) is 17.7. The second-order valence-corrected chi connectivity index (χ2v) is 8.12. The van der Waals surface area contributed by atoms with Crippen LogP contribution in [0.4, 0.5) is 5.69 Å². The first-order chi connectivity index (χ1) is 14.3. The van der Waals surface area contributed by atoms with Crippen molar-refractivity contribution in [3.05, 3.63) is 97.2 Å². The fourth-order valence-corrected chi connectivity index (χ4v) is 4.63. The van der Waals surface area contributed by atoms with Crippen molar-refractivity contribution in [2.24, 2.45) is 0 Å². The minimum atomic E-state index is -0.443. The Labute approximate surface area is 179 Å². The molecule has 0 spiro atoms. The molecule has 1 N–H and O–H groups in total. The third-order valence-electron chi connectivity index (χ3n) is 4.91. The van der Waals surface area contributed by atoms with Crippen molar-refractivity contribution in [1.82, 2.24) is 5.32 Å². The van der Waals surface area contributed by atoms with Gasteiger partial charge < -0.3 is 5.32 Å². The lowest BCUT2D eigenvalue weighted by atomic mass is 9.80. The molecule has 1 aliphatic heterocycles. The quantitative estimate of drug-likeness (QED) is 0.516. The van der Waals surface area contributed by atoms with Crippen molar-refractivity contribution in [1.29, 1.82) is 5.26 Å². The van der Waals surface area contributed by atoms with Crippen LogP contribution < -0.4 is 5.32 Å². The van der Waals surface area contributed by atoms with Crippen molar-refractivity contribution in [3.63, 3.8) is 0 Å². The highest BCUT2D eigenvalue weighted by molar-refractivity contribution is 8.02. The van der Waals surface area contributed by atoms with Gasteiger partial charge in [-0.05, 0) is 31.9 Å². The summed E-state index contributed by atoms with van der Waals surface area (Å²) in [6, 6.07) is 16.6. The maximum atomic E-state index is 12.4. The zero-order valence-electron chi connectivity index (χ0n) is 16.9. The summed E-state index contributed by atoms with van der Waals surface area (Å²) in [4.78, 5) is 23.0. The average Bonchev–Trinajstić information content (AvgIpc) is 2.71. The molecule has 0 fully saturated rings. The molecular weight excluding hydrogens is 398 g/mol. The molecule has 30 heavy (non-hydrogen) atoms. The summed E-state index contributed by atoms with van der Waals surface area (Å²) in [6.07, 6.45) is 0. The Morgan fingerprint density at radius 2 is 1.97 bits per heavy atom. The van der Waals surface area contributed by atoms with Gasteiger partial charge in [-0.1, -0.05) is 42.0 Å². The highest BCUT2D eigenvalue weighted by atomic mass is 32.2. The number of nitro benzene ring substituents is 1. The van der Waals surface area contributed by atoms with Gasteiger partial charge in [-0.15, -0.1) is 11.8 Å². The average molecular weight is 420 g/mol. The van der Waals surface area contributed by atoms with Gasteiger partial charge in [0.05, 0.1) is 27.5 Å². The number of benzene rings is 2. The first-order valence-corrected chi connectivity index (χ1v) is 10.4. The number of thioether (sulfide) groups is 1. The third kappa shape index (κ3) is 4.44. The predicted molar refractivity (Wildman–Crippen MR) is 117 cm³/mol. The third-order valence-corrected chi connectivity index (χ3v) is 6.00. The molecule has 0 bridgehead atoms. The van der Waals surface area contributed by atoms with E-state index in [1.165, 1.54) is 30.8 Å². The smallest absolute Gasteiger partial charge is 0.269 e. The summed E-state index contributed by atoms with van der Waals surface area (Å²) in [5.74, 6) is -0.0680. The summed E-state index contributed by atoms with van der Waals surface area (Å²) in [6.45, 7) is 5.32. The molecule has 6 nitrogen and oxygen atoms in total. The molecule has 0 saturated heterocycles. The van der Waals surface area contributed by atoms with Gasteiger partial charge in [0.2, 0.25) is 0 Å². The molecule has 1 atom stereocenters. The van der Waals surface area contributed by atoms with E-state index in [-0.39, 0.29) is 11.5 Å². The Morgan fingerprint density at radius 3 is 2.60 bits per heavy atom. The molecule has 3 rings (SSSR count). The standard InChI is InChI=1S/C23H21N3O3S/c1-14-6-4-8-18(10-14)22-20(12-24)23(25-15(2)21(22)16(3)27)30-13-17-7-5-9-19(11-17)26(28)29/h4-11,22,25H,13H2,1-3H3/t22-/m0/s1. The molecule has 1 aliphatic rings. The van der Waals surface area contributed by atoms with Crippen LogP contribution in [-0.2, 0) is 10.5 Å². The minimum Gasteiger partial charge on any atom is -0.353 e. The fourth-order valence-electron chi connectivity index (χ4n) is 3.59. The van der Waals surface area contributed by atoms with Gasteiger partial charge in [0, 0.05) is 29.2 Å². The van der Waals surface area contributed by atoms with Crippen LogP contribution >= 0.6 is 11.8 Å². The lowest BCUT2D eigenvalue weighted by Gasteiger charge is -2.29. The second kappa shape index (κ2) is 8.97. The van der Waals surface area contributed by atoms with Crippen LogP contribution in [0.5, 0.6) is 0 Å². The molecule has 0 radical (unpaired) electrons. The van der Waals surface area contributed by atoms with Gasteiger partial charge in [0.15, 0.2) is 5.78 Å². The Hall–Kier alpha value is -3.37. The second-order valence-electron chi connectivity index (χ2n) is 7.14. The van der Waals surface area contributed by atoms with Crippen LogP contribution in [-0.4, -0.2) is 10.7 Å². The Balaban J connectivity index is 2.00. The number of nitriles is 1. The van der Waals surface area contributed by atoms with Crippen LogP contribution in [0.3, 0.4) is 0 Å². The molecule has 0 saturated carbocycles. The lowest BCUT2D eigenvalue weighted by molar-refractivity contribution is -0.384. The number of rotatable bonds is 6. The number of hydrogen-bond donors (Lipinski definition) is 1. The van der Waals surface area contributed by atoms with E-state index in [4.69, 9.17) is 0 Å². The highest BCUT2D eigenvalue weighted by Gasteiger charge is 2.33. The van der Waals surface area contributed by atoms with Crippen molar-refractivity contribution in [3.8, 4) is 6.07 Å². The number of dihydropyridines is 1. The number of allylic oxidation sites excluding steroid dienone is 3. The monoisotopic (exact) mass is 419 g/mol. The van der Waals surface area contributed by atoms with E-state index < -0.39 is 10.8 Å². The fraction of sp³-hybridized carbons (Fsp3) is 0.217. The highest BCUT2D eigenvalue weighted by Crippen LogP contribution is 2.41. The molecular formula is C23H21N3O3S. The van der Waals surface area contributed by atoms with E-state index >= 15 is 0 Å². The molecule has 2 aromatic carbocycles. The van der Waals surface area contributed by atoms with Crippen molar-refractivity contribution >= 4 is 23.2 Å². The first-order valence-electron chi connectivity index (χ1n) is 9.37. The van der Waals surface area contributed by atoms with Gasteiger partial charge in [-0.25, -0.2) is 0 Å². The molecule has 152 valence electrons. The first kappa shape index (κ1) is 21.3. The van der Waals surface area contributed by atoms with Crippen molar-refractivity contribution in [2.75, 3.05) is 0 Å². The van der Waals surface area contributed by atoms with Crippen molar-refractivity contribution < 1.29 is 9.72 Å². The molecule has 0 aliphatic carbocycles. The maximum absolute atomic E-state index is 12.4. The topological polar surface area (TPSA) is 96.0 Å². The zero-order chi connectivity index (χ0) is 21.8. The molecule has 7 heteroatoms. The minimum absolute atomic E-state index is 0.0340. The SMILES string of the molecule is CC(=O)C1=C(C)NC(SCc2cccc([N+](=O)[O-])c2)=C(C#N)[C@@H]1c1cccc(C)c1. The Bertz CT molecular complexity index is 1130. The molecule has 2 aromatic rings. The lowest BCUT2D eigenvalue weighted by Crippen LogP contribution is -2.27. The Morgan fingerprint density at radius 1 is 1.23 bits per heavy atom. The van der Waals surface area contributed by atoms with Gasteiger partial charge in [0.25, 0.3) is 5.69 Å². The number of nitrogens with one attached hydrogen (secondary N) is 1. The maximum Gasteiger partial charge on any atom is 0.269 e. The number of aryl methyl sites for hydroxylation is 1. The number of ketones is 1. The van der Waals surface area contributed by atoms with Gasteiger partial charge >= 0.3 is 0 Å². The number of carbonyl (C=O) groups excluding carboxylic acids is 1. The number of nitrogens with zero attached hydrogens (tertiary/aromatic N) is 2. The number of hydrogen-bond acceptors (Lipinski definition) is 6. The van der Waals surface area contributed by atoms with Crippen LogP contribution in [0.15, 0.2) is 70.4 Å². The predicted octanol–water partition coefficient (Wildman–Crippen LogP) is 5.12. The van der Waals surface area contributed by atoms with E-state index in [2.05, 4.69) is 11.4 Å². The van der Waals surface area contributed by atoms with Gasteiger partial charge in [-0.2, -0.15) is 5.26 Å². The number of carbonyl (C=O) groups is 1. The van der Waals surface area contributed by atoms with Crippen LogP contribution in [0.25, 0.3) is 0 Å². The summed E-state index contributed by atoms with van der Waals surface area (Å²) in [5.41, 5.74) is 4.54. The van der Waals surface area contributed by atoms with E-state index in [9.17, 15) is 20.2 Å². The largest absolute Gasteiger partial charge is 0.353 e. The van der Waals surface area contributed by atoms with E-state index in [1.807, 2.05) is 44.2 Å². The summed E-state index contributed by atoms with van der Waals surface area (Å²) >= 11 is 1.40. The molecule has 1 heterocycles. The van der Waals surface area contributed by atoms with Crippen LogP contribution in [0.1, 0.15) is 36.5 Å². The van der Waals surface area contributed by atoms with Crippen LogP contribution in [0, 0.1) is 28.4 Å². The van der Waals surface area contributed by atoms with E-state index in [0.717, 1.165) is 22.4 Å². The number of non-ortho nitro benzene ring substituents is 1. The number of Topliss-reactive ketones (excluding diaryl/α,β-unsaturated/α-hetero) is 1. The van der Waals surface area contributed by atoms with Gasteiger partial charge in [-0.3, -0.25) is 14.9 Å². The van der Waals surface area contributed by atoms with Crippen LogP contribution in [0.2, 0.25) is 0 Å².